The number of nitrogens with zero attached hydrogens (tertiary/aromatic N) is 1. The Morgan fingerprint density at radius 1 is 0.897 bits per heavy atom. The van der Waals surface area contributed by atoms with Crippen molar-refractivity contribution >= 4 is 39.9 Å². The van der Waals surface area contributed by atoms with Crippen molar-refractivity contribution in [3.63, 3.8) is 0 Å². The van der Waals surface area contributed by atoms with Crippen LogP contribution in [0.4, 0.5) is 14.4 Å². The van der Waals surface area contributed by atoms with E-state index in [1.165, 1.54) is 4.90 Å². The average molecular weight is 435 g/mol. The molecule has 0 radical (unpaired) electrons. The fraction of sp³-hybridized carbons (Fsp3) is 0.643. The minimum atomic E-state index is -2.80. The van der Waals surface area contributed by atoms with Crippen molar-refractivity contribution in [1.82, 2.24) is 36.2 Å². The SMILES string of the molecule is CC1C(=O)NC(=O)N1C.O=C1CNC(=O)N1.O=C1NCCN1.O=S1(=O)CCCN1. The van der Waals surface area contributed by atoms with E-state index in [0.717, 1.165) is 19.5 Å². The van der Waals surface area contributed by atoms with Gasteiger partial charge in [0.15, 0.2) is 0 Å². The quantitative estimate of drug-likeness (QED) is 0.218. The van der Waals surface area contributed by atoms with E-state index in [9.17, 15) is 32.4 Å². The van der Waals surface area contributed by atoms with E-state index in [-0.39, 0.29) is 36.5 Å². The van der Waals surface area contributed by atoms with E-state index in [1.807, 2.05) is 5.32 Å². The summed E-state index contributed by atoms with van der Waals surface area (Å²) in [6.07, 6.45) is 0.766. The molecule has 0 aromatic rings. The Hall–Kier alpha value is -2.94. The Morgan fingerprint density at radius 3 is 1.66 bits per heavy atom. The Kier molecular flexibility index (Phi) is 9.27. The van der Waals surface area contributed by atoms with Gasteiger partial charge in [-0.15, -0.1) is 0 Å². The van der Waals surface area contributed by atoms with Gasteiger partial charge in [-0.2, -0.15) is 0 Å². The molecule has 15 heteroatoms. The Balaban J connectivity index is 0.000000195. The second kappa shape index (κ2) is 11.2. The number of hydrogen-bond acceptors (Lipinski definition) is 7. The molecule has 4 aliphatic rings. The number of carbonyl (C=O) groups is 5. The molecular formula is C14H25N7O7S. The van der Waals surface area contributed by atoms with E-state index in [2.05, 4.69) is 26.0 Å². The van der Waals surface area contributed by atoms with Crippen LogP contribution in [0.25, 0.3) is 0 Å². The molecule has 0 aliphatic carbocycles. The van der Waals surface area contributed by atoms with Crippen LogP contribution >= 0.6 is 0 Å². The summed E-state index contributed by atoms with van der Waals surface area (Å²) in [4.78, 5) is 52.7. The van der Waals surface area contributed by atoms with Crippen LogP contribution in [0.3, 0.4) is 0 Å². The van der Waals surface area contributed by atoms with Crippen molar-refractivity contribution in [2.45, 2.75) is 19.4 Å². The molecule has 0 saturated carbocycles. The van der Waals surface area contributed by atoms with E-state index in [0.29, 0.717) is 12.3 Å². The van der Waals surface area contributed by atoms with E-state index < -0.39 is 16.1 Å². The summed E-state index contributed by atoms with van der Waals surface area (Å²) in [7, 11) is -1.21. The third-order valence-electron chi connectivity index (χ3n) is 3.78. The summed E-state index contributed by atoms with van der Waals surface area (Å²) in [5.74, 6) is -0.167. The topological polar surface area (TPSA) is 195 Å². The summed E-state index contributed by atoms with van der Waals surface area (Å²) < 4.78 is 23.0. The van der Waals surface area contributed by atoms with Gasteiger partial charge in [-0.25, -0.2) is 27.5 Å². The molecule has 6 N–H and O–H groups in total. The molecule has 0 spiro atoms. The van der Waals surface area contributed by atoms with Gasteiger partial charge in [0, 0.05) is 26.7 Å². The van der Waals surface area contributed by atoms with Gasteiger partial charge in [0.05, 0.1) is 12.3 Å². The van der Waals surface area contributed by atoms with Crippen LogP contribution in [-0.2, 0) is 19.6 Å². The molecule has 8 amide bonds. The largest absolute Gasteiger partial charge is 0.336 e. The second-order valence-electron chi connectivity index (χ2n) is 6.06. The number of nitrogens with one attached hydrogen (secondary N) is 6. The van der Waals surface area contributed by atoms with Crippen molar-refractivity contribution in [3.8, 4) is 0 Å². The van der Waals surface area contributed by atoms with Crippen LogP contribution in [0.5, 0.6) is 0 Å². The Labute approximate surface area is 167 Å². The molecule has 164 valence electrons. The molecule has 0 bridgehead atoms. The van der Waals surface area contributed by atoms with Crippen LogP contribution < -0.4 is 31.3 Å². The number of imide groups is 2. The molecule has 4 aliphatic heterocycles. The summed E-state index contributed by atoms with van der Waals surface area (Å²) in [5.41, 5.74) is 0. The maximum atomic E-state index is 10.6. The van der Waals surface area contributed by atoms with Gasteiger partial charge in [0.2, 0.25) is 15.9 Å². The lowest BCUT2D eigenvalue weighted by Gasteiger charge is -2.08. The highest BCUT2D eigenvalue weighted by atomic mass is 32.2. The number of likely N-dealkylation sites (N-methyl/N-ethyl adjacent to an activating group) is 1. The lowest BCUT2D eigenvalue weighted by Crippen LogP contribution is -2.27. The highest BCUT2D eigenvalue weighted by Crippen LogP contribution is 2.02. The zero-order valence-corrected chi connectivity index (χ0v) is 16.8. The van der Waals surface area contributed by atoms with Crippen molar-refractivity contribution in [2.75, 3.05) is 39.0 Å². The smallest absolute Gasteiger partial charge is 0.324 e. The van der Waals surface area contributed by atoms with Crippen LogP contribution in [0.1, 0.15) is 13.3 Å². The van der Waals surface area contributed by atoms with Gasteiger partial charge >= 0.3 is 18.1 Å². The number of rotatable bonds is 0. The number of sulfonamides is 1. The lowest BCUT2D eigenvalue weighted by atomic mass is 10.3. The summed E-state index contributed by atoms with van der Waals surface area (Å²) in [5, 5.41) is 11.6. The fourth-order valence-electron chi connectivity index (χ4n) is 2.00. The monoisotopic (exact) mass is 435 g/mol. The van der Waals surface area contributed by atoms with E-state index in [1.54, 1.807) is 14.0 Å². The van der Waals surface area contributed by atoms with Crippen molar-refractivity contribution in [2.24, 2.45) is 0 Å². The minimum absolute atomic E-state index is 0.0463. The van der Waals surface area contributed by atoms with Gasteiger partial charge in [0.25, 0.3) is 5.91 Å². The van der Waals surface area contributed by atoms with Crippen molar-refractivity contribution in [1.29, 1.82) is 0 Å². The number of hydrogen-bond donors (Lipinski definition) is 6. The maximum Gasteiger partial charge on any atom is 0.324 e. The predicted molar refractivity (Wildman–Crippen MR) is 100 cm³/mol. The van der Waals surface area contributed by atoms with Gasteiger partial charge in [-0.1, -0.05) is 0 Å². The first-order valence-electron chi connectivity index (χ1n) is 8.66. The number of carbonyl (C=O) groups excluding carboxylic acids is 5. The third kappa shape index (κ3) is 9.20. The van der Waals surface area contributed by atoms with E-state index in [4.69, 9.17) is 0 Å². The molecule has 4 heterocycles. The third-order valence-corrected chi connectivity index (χ3v) is 5.25. The molecule has 14 nitrogen and oxygen atoms in total. The molecule has 29 heavy (non-hydrogen) atoms. The first-order chi connectivity index (χ1) is 13.5. The Bertz CT molecular complexity index is 703. The first-order valence-corrected chi connectivity index (χ1v) is 10.3. The van der Waals surface area contributed by atoms with Crippen LogP contribution in [-0.4, -0.2) is 88.2 Å². The standard InChI is InChI=1S/C5H8N2O2.C3H4N2O2.C3H6N2O.C3H7NO2S/c1-3-4(8)6-5(9)7(3)2;6-2-1-4-3(7)5-2;6-3-4-1-2-5-3;5-7(6)3-1-2-4-7/h3H,1-2H3,(H,6,8,9);1H2,(H2,4,5,6,7);1-2H2,(H2,4,5,6);4H,1-3H2. The molecule has 4 saturated heterocycles. The minimum Gasteiger partial charge on any atom is -0.336 e. The summed E-state index contributed by atoms with van der Waals surface area (Å²) >= 11 is 0. The Morgan fingerprint density at radius 2 is 1.52 bits per heavy atom. The zero-order chi connectivity index (χ0) is 22.0. The maximum absolute atomic E-state index is 10.6. The highest BCUT2D eigenvalue weighted by Gasteiger charge is 2.31. The first kappa shape index (κ1) is 24.1. The second-order valence-corrected chi connectivity index (χ2v) is 7.99. The van der Waals surface area contributed by atoms with Gasteiger partial charge in [-0.3, -0.25) is 20.2 Å². The normalized spacial score (nSPS) is 23.7. The molecule has 1 atom stereocenters. The fourth-order valence-corrected chi connectivity index (χ4v) is 3.13. The van der Waals surface area contributed by atoms with Crippen LogP contribution in [0, 0.1) is 0 Å². The molecule has 0 aromatic heterocycles. The zero-order valence-electron chi connectivity index (χ0n) is 16.0. The average Bonchev–Trinajstić information content (AvgIpc) is 3.41. The summed E-state index contributed by atoms with van der Waals surface area (Å²) in [6.45, 7) is 3.99. The molecule has 1 unspecified atom stereocenters. The van der Waals surface area contributed by atoms with Gasteiger partial charge in [-0.05, 0) is 13.3 Å². The van der Waals surface area contributed by atoms with Gasteiger partial charge in [0.1, 0.15) is 6.04 Å². The van der Waals surface area contributed by atoms with Crippen molar-refractivity contribution < 1.29 is 32.4 Å². The molecule has 0 aromatic carbocycles. The van der Waals surface area contributed by atoms with Gasteiger partial charge < -0.3 is 20.9 Å². The van der Waals surface area contributed by atoms with Crippen LogP contribution in [0.2, 0.25) is 0 Å². The van der Waals surface area contributed by atoms with Crippen LogP contribution in [0.15, 0.2) is 0 Å². The molecule has 4 fully saturated rings. The predicted octanol–water partition coefficient (Wildman–Crippen LogP) is -3.01. The number of urea groups is 3. The lowest BCUT2D eigenvalue weighted by molar-refractivity contribution is -0.121. The summed E-state index contributed by atoms with van der Waals surface area (Å²) in [6, 6.07) is -1.06. The molecular weight excluding hydrogens is 410 g/mol. The molecule has 4 rings (SSSR count). The van der Waals surface area contributed by atoms with Crippen molar-refractivity contribution in [3.05, 3.63) is 0 Å². The number of amides is 8. The highest BCUT2D eigenvalue weighted by molar-refractivity contribution is 7.89. The van der Waals surface area contributed by atoms with E-state index >= 15 is 0 Å².